The van der Waals surface area contributed by atoms with Crippen molar-refractivity contribution in [3.8, 4) is 0 Å². The van der Waals surface area contributed by atoms with Gasteiger partial charge in [-0.1, -0.05) is 110 Å². The Bertz CT molecular complexity index is 2330. The Labute approximate surface area is 437 Å². The standard InChI is InChI=1S/C57H80N4O13/c1-34(2)27-44-54(66)71-39(10)51(63)59(12)47(30-37(7)8)57(69)74-49(33-42-24-22-41(23-25-42)31-43-21-18-26-70-43)53(65)61(14)45(28-35(3)4)55(67)72-38(9)50(62)58(11)46(29-36(5)6)56(68)73-48(52(64)60(44)13)32-40-19-16-15-17-20-40/h15-26,34-39,44-49H,27-33H2,1-14H3/t38-,39-,44+,45+,46+,47+,48-,49-/m1/s1. The van der Waals surface area contributed by atoms with Gasteiger partial charge >= 0.3 is 23.9 Å². The molecule has 0 aliphatic carbocycles. The van der Waals surface area contributed by atoms with Crippen molar-refractivity contribution in [2.45, 2.75) is 163 Å². The molecule has 4 rings (SSSR count). The summed E-state index contributed by atoms with van der Waals surface area (Å²) in [6.07, 6.45) is -3.65. The van der Waals surface area contributed by atoms with Crippen molar-refractivity contribution in [1.29, 1.82) is 0 Å². The van der Waals surface area contributed by atoms with Gasteiger partial charge in [-0.25, -0.2) is 19.2 Å². The first-order valence-corrected chi connectivity index (χ1v) is 25.8. The number of likely N-dealkylation sites (N-methyl/N-ethyl adjacent to an activating group) is 4. The van der Waals surface area contributed by atoms with E-state index in [1.165, 1.54) is 42.0 Å². The molecule has 3 aromatic rings. The highest BCUT2D eigenvalue weighted by Crippen LogP contribution is 2.25. The van der Waals surface area contributed by atoms with E-state index >= 15 is 0 Å². The van der Waals surface area contributed by atoms with E-state index in [1.807, 2.05) is 73.6 Å². The van der Waals surface area contributed by atoms with Crippen molar-refractivity contribution >= 4 is 47.5 Å². The number of esters is 4. The first kappa shape index (κ1) is 60.0. The SMILES string of the molecule is CC(C)C[C@H]1C(=O)O[C@H](Cc2ccc(Cc3ccco3)cc2)C(=O)N(C)[C@@H](CC(C)C)C(=O)O[C@H](C)C(=O)N(C)[C@@H](CC(C)C)C(=O)O[C@H](Cc2ccccc2)C(=O)N(C)[C@@H](CC(C)C)C(=O)O[C@H](C)C(=O)N1C. The van der Waals surface area contributed by atoms with Crippen LogP contribution in [0.3, 0.4) is 0 Å². The number of rotatable bonds is 14. The van der Waals surface area contributed by atoms with E-state index in [0.717, 1.165) is 30.9 Å². The Morgan fingerprint density at radius 1 is 0.405 bits per heavy atom. The number of nitrogens with zero attached hydrogens (tertiary/aromatic N) is 4. The Kier molecular flexibility index (Phi) is 22.5. The van der Waals surface area contributed by atoms with Crippen molar-refractivity contribution in [2.75, 3.05) is 28.2 Å². The minimum absolute atomic E-state index is 0.0879. The van der Waals surface area contributed by atoms with Crippen molar-refractivity contribution in [3.63, 3.8) is 0 Å². The molecule has 0 saturated carbocycles. The molecular weight excluding hydrogens is 949 g/mol. The number of ether oxygens (including phenoxy) is 4. The number of furan rings is 1. The molecular formula is C57H80N4O13. The van der Waals surface area contributed by atoms with E-state index in [0.29, 0.717) is 17.5 Å². The van der Waals surface area contributed by atoms with E-state index < -0.39 is 96.1 Å². The average molecular weight is 1030 g/mol. The molecule has 1 aliphatic rings. The van der Waals surface area contributed by atoms with Crippen LogP contribution in [0.1, 0.15) is 117 Å². The number of hydrogen-bond donors (Lipinski definition) is 0. The molecule has 0 radical (unpaired) electrons. The van der Waals surface area contributed by atoms with Crippen molar-refractivity contribution in [2.24, 2.45) is 23.7 Å². The fourth-order valence-corrected chi connectivity index (χ4v) is 8.93. The molecule has 2 heterocycles. The lowest BCUT2D eigenvalue weighted by atomic mass is 9.99. The lowest BCUT2D eigenvalue weighted by Crippen LogP contribution is -2.55. The van der Waals surface area contributed by atoms with Crippen LogP contribution in [0.15, 0.2) is 77.4 Å². The van der Waals surface area contributed by atoms with Crippen molar-refractivity contribution < 1.29 is 61.7 Å². The minimum Gasteiger partial charge on any atom is -0.469 e. The molecule has 1 fully saturated rings. The van der Waals surface area contributed by atoms with Crippen molar-refractivity contribution in [3.05, 3.63) is 95.4 Å². The molecule has 1 saturated heterocycles. The second-order valence-corrected chi connectivity index (χ2v) is 21.4. The quantitative estimate of drug-likeness (QED) is 0.120. The first-order valence-electron chi connectivity index (χ1n) is 25.8. The Hall–Kier alpha value is -6.52. The molecule has 17 nitrogen and oxygen atoms in total. The molecule has 1 aliphatic heterocycles. The second kappa shape index (κ2) is 27.7. The maximum absolute atomic E-state index is 14.9. The van der Waals surface area contributed by atoms with Gasteiger partial charge in [0.1, 0.15) is 29.9 Å². The topological polar surface area (TPSA) is 200 Å². The molecule has 8 atom stereocenters. The third kappa shape index (κ3) is 17.0. The van der Waals surface area contributed by atoms with Gasteiger partial charge in [-0.15, -0.1) is 0 Å². The van der Waals surface area contributed by atoms with Gasteiger partial charge in [0.15, 0.2) is 24.4 Å². The van der Waals surface area contributed by atoms with Crippen LogP contribution in [0.25, 0.3) is 0 Å². The summed E-state index contributed by atoms with van der Waals surface area (Å²) in [5, 5.41) is 0. The lowest BCUT2D eigenvalue weighted by molar-refractivity contribution is -0.176. The van der Waals surface area contributed by atoms with Gasteiger partial charge in [0.25, 0.3) is 23.6 Å². The van der Waals surface area contributed by atoms with Crippen LogP contribution in [-0.2, 0) is 76.6 Å². The van der Waals surface area contributed by atoms with Gasteiger partial charge in [0, 0.05) is 47.5 Å². The van der Waals surface area contributed by atoms with E-state index in [2.05, 4.69) is 0 Å². The summed E-state index contributed by atoms with van der Waals surface area (Å²) >= 11 is 0. The van der Waals surface area contributed by atoms with Crippen LogP contribution in [0.5, 0.6) is 0 Å². The highest BCUT2D eigenvalue weighted by atomic mass is 16.6. The first-order chi connectivity index (χ1) is 34.8. The number of hydrogen-bond acceptors (Lipinski definition) is 13. The normalized spacial score (nSPS) is 24.1. The van der Waals surface area contributed by atoms with E-state index in [9.17, 15) is 38.4 Å². The molecule has 0 spiro atoms. The largest absolute Gasteiger partial charge is 0.469 e. The minimum atomic E-state index is -1.52. The molecule has 1 aromatic heterocycles. The summed E-state index contributed by atoms with van der Waals surface area (Å²) in [5.41, 5.74) is 2.19. The van der Waals surface area contributed by atoms with Gasteiger partial charge < -0.3 is 43.0 Å². The van der Waals surface area contributed by atoms with Crippen LogP contribution >= 0.6 is 0 Å². The number of benzene rings is 2. The van der Waals surface area contributed by atoms with Crippen molar-refractivity contribution in [1.82, 2.24) is 19.6 Å². The van der Waals surface area contributed by atoms with E-state index in [-0.39, 0.29) is 62.2 Å². The maximum Gasteiger partial charge on any atom is 0.329 e. The third-order valence-electron chi connectivity index (χ3n) is 13.1. The summed E-state index contributed by atoms with van der Waals surface area (Å²) < 4.78 is 29.5. The van der Waals surface area contributed by atoms with Gasteiger partial charge in [0.2, 0.25) is 0 Å². The summed E-state index contributed by atoms with van der Waals surface area (Å²) in [4.78, 5) is 121. The highest BCUT2D eigenvalue weighted by molar-refractivity contribution is 5.94. The smallest absolute Gasteiger partial charge is 0.329 e. The molecule has 4 amide bonds. The molecule has 0 N–H and O–H groups in total. The molecule has 17 heteroatoms. The van der Waals surface area contributed by atoms with Gasteiger partial charge in [0.05, 0.1) is 6.26 Å². The van der Waals surface area contributed by atoms with Crippen LogP contribution < -0.4 is 0 Å². The molecule has 406 valence electrons. The average Bonchev–Trinajstić information content (AvgIpc) is 3.86. The van der Waals surface area contributed by atoms with Gasteiger partial charge in [-0.05, 0) is 92.0 Å². The fourth-order valence-electron chi connectivity index (χ4n) is 8.93. The van der Waals surface area contributed by atoms with Crippen LogP contribution in [0.4, 0.5) is 0 Å². The van der Waals surface area contributed by atoms with Crippen LogP contribution in [-0.4, -0.2) is 144 Å². The number of carbonyl (C=O) groups is 8. The maximum atomic E-state index is 14.9. The molecule has 0 unspecified atom stereocenters. The summed E-state index contributed by atoms with van der Waals surface area (Å²) in [7, 11) is 5.57. The van der Waals surface area contributed by atoms with Crippen LogP contribution in [0.2, 0.25) is 0 Å². The Morgan fingerprint density at radius 2 is 0.730 bits per heavy atom. The predicted octanol–water partition coefficient (Wildman–Crippen LogP) is 6.85. The Morgan fingerprint density at radius 3 is 1.07 bits per heavy atom. The zero-order valence-electron chi connectivity index (χ0n) is 45.9. The number of amides is 4. The molecule has 0 bridgehead atoms. The summed E-state index contributed by atoms with van der Waals surface area (Å²) in [5.74, 6) is -6.52. The predicted molar refractivity (Wildman–Crippen MR) is 277 cm³/mol. The zero-order chi connectivity index (χ0) is 55.1. The summed E-state index contributed by atoms with van der Waals surface area (Å²) in [6, 6.07) is 14.8. The van der Waals surface area contributed by atoms with E-state index in [4.69, 9.17) is 23.4 Å². The molecule has 74 heavy (non-hydrogen) atoms. The van der Waals surface area contributed by atoms with Gasteiger partial charge in [-0.2, -0.15) is 0 Å². The Balaban J connectivity index is 1.85. The number of cyclic esters (lactones) is 4. The lowest BCUT2D eigenvalue weighted by Gasteiger charge is -2.35. The highest BCUT2D eigenvalue weighted by Gasteiger charge is 2.43. The number of carbonyl (C=O) groups excluding carboxylic acids is 8. The van der Waals surface area contributed by atoms with Gasteiger partial charge in [-0.3, -0.25) is 19.2 Å². The molecule has 2 aromatic carbocycles. The second-order valence-electron chi connectivity index (χ2n) is 21.4. The zero-order valence-corrected chi connectivity index (χ0v) is 45.9. The third-order valence-corrected chi connectivity index (χ3v) is 13.1. The fraction of sp³-hybridized carbons (Fsp3) is 0.579. The monoisotopic (exact) mass is 1030 g/mol. The van der Waals surface area contributed by atoms with Crippen LogP contribution in [0, 0.1) is 23.7 Å². The van der Waals surface area contributed by atoms with E-state index in [1.54, 1.807) is 54.8 Å². The summed E-state index contributed by atoms with van der Waals surface area (Å²) in [6.45, 7) is 17.5.